The van der Waals surface area contributed by atoms with Crippen molar-refractivity contribution in [3.63, 3.8) is 0 Å². The van der Waals surface area contributed by atoms with Gasteiger partial charge in [-0.05, 0) is 24.4 Å². The standard InChI is InChI=1S/C21H22Cl2N6OS/c1-11(24)9-17(25)26-21(31)28-19-20(30)29(2)16-8-7-12(22)10-14(16)18(27-19)13-5-3-4-6-15(13)23/h3-8,10,14,16,19,24H,9H2,1-2H3,(H3,25,26,28,31)/p+1. The van der Waals surface area contributed by atoms with Crippen LogP contribution in [0.4, 0.5) is 0 Å². The number of rotatable bonds is 4. The third kappa shape index (κ3) is 5.39. The lowest BCUT2D eigenvalue weighted by molar-refractivity contribution is -0.132. The van der Waals surface area contributed by atoms with Gasteiger partial charge in [-0.25, -0.2) is 4.99 Å². The number of amides is 1. The predicted molar refractivity (Wildman–Crippen MR) is 129 cm³/mol. The van der Waals surface area contributed by atoms with E-state index in [9.17, 15) is 4.79 Å². The first-order valence-corrected chi connectivity index (χ1v) is 10.7. The van der Waals surface area contributed by atoms with Gasteiger partial charge in [-0.2, -0.15) is 0 Å². The Balaban J connectivity index is 2.03. The summed E-state index contributed by atoms with van der Waals surface area (Å²) in [5, 5.41) is 9.69. The maximum atomic E-state index is 13.2. The highest BCUT2D eigenvalue weighted by atomic mass is 35.5. The largest absolute Gasteiger partial charge is 0.387 e. The second-order valence-corrected chi connectivity index (χ2v) is 8.58. The highest BCUT2D eigenvalue weighted by Crippen LogP contribution is 2.32. The Morgan fingerprint density at radius 2 is 2.10 bits per heavy atom. The molecule has 0 radical (unpaired) electrons. The first-order valence-electron chi connectivity index (χ1n) is 9.53. The Morgan fingerprint density at radius 3 is 2.77 bits per heavy atom. The van der Waals surface area contributed by atoms with E-state index in [-0.39, 0.29) is 28.8 Å². The topological polar surface area (TPSA) is 109 Å². The van der Waals surface area contributed by atoms with Gasteiger partial charge in [0.25, 0.3) is 5.91 Å². The number of carbonyl (C=O) groups excluding carboxylic acids is 1. The molecular weight excluding hydrogens is 455 g/mol. The van der Waals surface area contributed by atoms with Crippen LogP contribution in [0.1, 0.15) is 18.9 Å². The van der Waals surface area contributed by atoms with Gasteiger partial charge in [0.1, 0.15) is 5.84 Å². The fraction of sp³-hybridized carbons (Fsp3) is 0.286. The van der Waals surface area contributed by atoms with Crippen LogP contribution < -0.4 is 16.5 Å². The van der Waals surface area contributed by atoms with E-state index in [1.54, 1.807) is 31.0 Å². The minimum atomic E-state index is -1.01. The Labute approximate surface area is 196 Å². The minimum absolute atomic E-state index is 0.0433. The predicted octanol–water partition coefficient (Wildman–Crippen LogP) is 1.45. The molecule has 3 atom stereocenters. The molecule has 0 fully saturated rings. The number of halogens is 2. The summed E-state index contributed by atoms with van der Waals surface area (Å²) in [7, 11) is 1.71. The van der Waals surface area contributed by atoms with Crippen molar-refractivity contribution < 1.29 is 10.2 Å². The Morgan fingerprint density at radius 1 is 1.39 bits per heavy atom. The minimum Gasteiger partial charge on any atom is -0.387 e. The lowest BCUT2D eigenvalue weighted by Gasteiger charge is -2.32. The lowest BCUT2D eigenvalue weighted by atomic mass is 9.86. The number of benzene rings is 1. The third-order valence-corrected chi connectivity index (χ3v) is 5.68. The number of likely N-dealkylation sites (N-methyl/N-ethyl adjacent to an activating group) is 1. The summed E-state index contributed by atoms with van der Waals surface area (Å²) in [6.07, 6.45) is 4.82. The van der Waals surface area contributed by atoms with Gasteiger partial charge in [0.2, 0.25) is 6.17 Å². The average molecular weight is 478 g/mol. The zero-order chi connectivity index (χ0) is 22.7. The second-order valence-electron chi connectivity index (χ2n) is 7.35. The molecule has 0 bridgehead atoms. The van der Waals surface area contributed by atoms with Crippen molar-refractivity contribution >= 4 is 63.7 Å². The van der Waals surface area contributed by atoms with Gasteiger partial charge < -0.3 is 16.0 Å². The zero-order valence-electron chi connectivity index (χ0n) is 17.0. The van der Waals surface area contributed by atoms with Crippen molar-refractivity contribution in [3.05, 3.63) is 58.1 Å². The maximum Gasteiger partial charge on any atom is 0.268 e. The van der Waals surface area contributed by atoms with E-state index < -0.39 is 6.17 Å². The van der Waals surface area contributed by atoms with Crippen LogP contribution in [-0.2, 0) is 4.79 Å². The van der Waals surface area contributed by atoms with E-state index in [1.165, 1.54) is 0 Å². The number of hydrogen-bond donors (Lipinski definition) is 3. The Hall–Kier alpha value is -2.55. The summed E-state index contributed by atoms with van der Waals surface area (Å²) in [6, 6.07) is 7.05. The molecule has 7 nitrogen and oxygen atoms in total. The van der Waals surface area contributed by atoms with Gasteiger partial charge in [0, 0.05) is 35.5 Å². The number of amidine groups is 1. The Kier molecular flexibility index (Phi) is 7.25. The van der Waals surface area contributed by atoms with Gasteiger partial charge in [0.05, 0.1) is 18.2 Å². The molecular formula is C21H23Cl2N6OS+. The number of fused-ring (bicyclic) bond motifs is 1. The number of carbonyl (C=O) groups is 1. The van der Waals surface area contributed by atoms with Crippen LogP contribution in [0.3, 0.4) is 0 Å². The number of nitrogens with one attached hydrogen (secondary N) is 1. The molecule has 3 rings (SSSR count). The van der Waals surface area contributed by atoms with E-state index in [1.807, 2.05) is 30.4 Å². The van der Waals surface area contributed by atoms with E-state index in [0.29, 0.717) is 33.5 Å². The van der Waals surface area contributed by atoms with E-state index in [2.05, 4.69) is 10.3 Å². The number of nitrogens with two attached hydrogens (primary N) is 2. The molecule has 31 heavy (non-hydrogen) atoms. The molecule has 0 spiro atoms. The molecule has 0 saturated heterocycles. The van der Waals surface area contributed by atoms with Gasteiger partial charge >= 0.3 is 0 Å². The lowest BCUT2D eigenvalue weighted by Crippen LogP contribution is -2.48. The molecule has 2 aliphatic rings. The molecule has 0 aromatic heterocycles. The Bertz CT molecular complexity index is 1050. The summed E-state index contributed by atoms with van der Waals surface area (Å²) in [5.74, 6) is -0.311. The number of hydrogen-bond acceptors (Lipinski definition) is 3. The van der Waals surface area contributed by atoms with E-state index in [4.69, 9.17) is 51.6 Å². The molecule has 1 aliphatic carbocycles. The van der Waals surface area contributed by atoms with Gasteiger partial charge in [-0.3, -0.25) is 15.2 Å². The normalized spacial score (nSPS) is 23.5. The third-order valence-electron chi connectivity index (χ3n) is 4.89. The van der Waals surface area contributed by atoms with Crippen LogP contribution in [-0.4, -0.2) is 52.4 Å². The molecule has 162 valence electrons. The maximum absolute atomic E-state index is 13.2. The first-order chi connectivity index (χ1) is 14.7. The van der Waals surface area contributed by atoms with Crippen molar-refractivity contribution in [2.75, 3.05) is 7.05 Å². The smallest absolute Gasteiger partial charge is 0.268 e. The molecule has 1 amide bonds. The molecule has 5 N–H and O–H groups in total. The fourth-order valence-electron chi connectivity index (χ4n) is 3.48. The van der Waals surface area contributed by atoms with Crippen LogP contribution in [0.2, 0.25) is 5.02 Å². The van der Waals surface area contributed by atoms with Crippen LogP contribution in [0.25, 0.3) is 0 Å². The summed E-state index contributed by atoms with van der Waals surface area (Å²) in [6.45, 7) is 1.73. The molecule has 1 aliphatic heterocycles. The summed E-state index contributed by atoms with van der Waals surface area (Å²) >= 11 is 18.0. The molecule has 10 heteroatoms. The van der Waals surface area contributed by atoms with Crippen LogP contribution >= 0.6 is 35.4 Å². The second kappa shape index (κ2) is 9.72. The highest BCUT2D eigenvalue weighted by Gasteiger charge is 2.38. The summed E-state index contributed by atoms with van der Waals surface area (Å²) in [5.41, 5.74) is 7.81. The first kappa shape index (κ1) is 23.1. The molecule has 1 aromatic rings. The van der Waals surface area contributed by atoms with E-state index in [0.717, 1.165) is 0 Å². The van der Waals surface area contributed by atoms with Crippen molar-refractivity contribution in [2.24, 2.45) is 21.6 Å². The fourth-order valence-corrected chi connectivity index (χ4v) is 4.15. The van der Waals surface area contributed by atoms with Crippen molar-refractivity contribution in [3.8, 4) is 0 Å². The summed E-state index contributed by atoms with van der Waals surface area (Å²) < 4.78 is 0. The molecule has 0 saturated carbocycles. The van der Waals surface area contributed by atoms with Crippen molar-refractivity contribution in [2.45, 2.75) is 25.6 Å². The molecule has 1 aromatic carbocycles. The summed E-state index contributed by atoms with van der Waals surface area (Å²) in [4.78, 5) is 23.7. The number of nitrogens with zero attached hydrogens (tertiary/aromatic N) is 3. The van der Waals surface area contributed by atoms with Crippen LogP contribution in [0, 0.1) is 5.92 Å². The van der Waals surface area contributed by atoms with Gasteiger partial charge in [-0.15, -0.1) is 0 Å². The molecule has 3 unspecified atom stereocenters. The number of allylic oxidation sites excluding steroid dienone is 2. The number of thiocarbonyl (C=S) groups is 1. The monoisotopic (exact) mass is 477 g/mol. The van der Waals surface area contributed by atoms with Crippen molar-refractivity contribution in [1.29, 1.82) is 0 Å². The molecule has 1 heterocycles. The van der Waals surface area contributed by atoms with Crippen LogP contribution in [0.15, 0.2) is 57.5 Å². The van der Waals surface area contributed by atoms with E-state index >= 15 is 0 Å². The zero-order valence-corrected chi connectivity index (χ0v) is 19.4. The number of aliphatic imine (C=N–C) groups is 2. The quantitative estimate of drug-likeness (QED) is 0.346. The van der Waals surface area contributed by atoms with Gasteiger partial charge in [-0.1, -0.05) is 53.6 Å². The van der Waals surface area contributed by atoms with Crippen molar-refractivity contribution in [1.82, 2.24) is 10.2 Å². The SMILES string of the molecule is CC(=[NH2+])C/C(N)=N/C(=S)NC1N=C(c2ccccc2Cl)C2C=C(Cl)C=CC2N(C)C1=O. The average Bonchev–Trinajstić information content (AvgIpc) is 2.78. The highest BCUT2D eigenvalue weighted by molar-refractivity contribution is 7.80. The van der Waals surface area contributed by atoms with Gasteiger partial charge in [0.15, 0.2) is 10.8 Å². The van der Waals surface area contributed by atoms with Crippen LogP contribution in [0.5, 0.6) is 0 Å².